The van der Waals surface area contributed by atoms with E-state index in [2.05, 4.69) is 4.99 Å². The van der Waals surface area contributed by atoms with Crippen molar-refractivity contribution >= 4 is 33.4 Å². The van der Waals surface area contributed by atoms with Gasteiger partial charge >= 0.3 is 0 Å². The van der Waals surface area contributed by atoms with Crippen LogP contribution in [0.3, 0.4) is 0 Å². The Morgan fingerprint density at radius 3 is 2.93 bits per heavy atom. The minimum Gasteiger partial charge on any atom is -0.266 e. The Hall–Kier alpha value is -1.77. The van der Waals surface area contributed by atoms with Gasteiger partial charge in [-0.25, -0.2) is 4.79 Å². The van der Waals surface area contributed by atoms with Crippen LogP contribution in [0.1, 0.15) is 10.4 Å². The number of fused-ring (bicyclic) bond motifs is 1. The second-order valence-corrected chi connectivity index (χ2v) is 3.57. The first-order valence-electron chi connectivity index (χ1n) is 3.91. The molecular weight excluding hydrogens is 198 g/mol. The van der Waals surface area contributed by atoms with Gasteiger partial charge in [-0.3, -0.25) is 4.79 Å². The smallest absolute Gasteiger partial charge is 0.266 e. The lowest BCUT2D eigenvalue weighted by atomic mass is 10.2. The minimum atomic E-state index is -0.530. The number of isocyanates is 1. The number of hydrogen-bond acceptors (Lipinski definition) is 3. The molecule has 0 radical (unpaired) electrons. The molecule has 1 amide bonds. The number of benzene rings is 1. The zero-order valence-electron chi connectivity index (χ0n) is 7.06. The predicted molar refractivity (Wildman–Crippen MR) is 54.3 cm³/mol. The fourth-order valence-electron chi connectivity index (χ4n) is 1.25. The van der Waals surface area contributed by atoms with E-state index in [4.69, 9.17) is 0 Å². The zero-order chi connectivity index (χ0) is 9.97. The van der Waals surface area contributed by atoms with Crippen LogP contribution in [0.2, 0.25) is 0 Å². The van der Waals surface area contributed by atoms with Crippen molar-refractivity contribution in [2.75, 3.05) is 0 Å². The number of nitrogens with zero attached hydrogens (tertiary/aromatic N) is 1. The number of carbonyl (C=O) groups is 1. The second-order valence-electron chi connectivity index (χ2n) is 2.65. The van der Waals surface area contributed by atoms with Gasteiger partial charge in [-0.15, -0.1) is 16.3 Å². The van der Waals surface area contributed by atoms with Gasteiger partial charge < -0.3 is 0 Å². The first kappa shape index (κ1) is 8.81. The van der Waals surface area contributed by atoms with E-state index in [-0.39, 0.29) is 0 Å². The molecule has 0 aliphatic carbocycles. The minimum absolute atomic E-state index is 0.467. The molecule has 0 saturated heterocycles. The maximum Gasteiger partial charge on any atom is 0.289 e. The standard InChI is InChI=1S/C10H5NO2S/c12-6-11-10(13)8-5-14-9-4-2-1-3-7(8)9/h1-5H. The largest absolute Gasteiger partial charge is 0.289 e. The highest BCUT2D eigenvalue weighted by molar-refractivity contribution is 7.17. The summed E-state index contributed by atoms with van der Waals surface area (Å²) < 4.78 is 1.01. The zero-order valence-corrected chi connectivity index (χ0v) is 7.88. The Labute approximate surface area is 83.7 Å². The van der Waals surface area contributed by atoms with Gasteiger partial charge in [0.15, 0.2) is 0 Å². The van der Waals surface area contributed by atoms with E-state index >= 15 is 0 Å². The van der Waals surface area contributed by atoms with Crippen LogP contribution in [-0.4, -0.2) is 12.0 Å². The molecule has 0 saturated carbocycles. The summed E-state index contributed by atoms with van der Waals surface area (Å²) in [7, 11) is 0. The maximum atomic E-state index is 11.3. The van der Waals surface area contributed by atoms with E-state index in [1.807, 2.05) is 24.3 Å². The number of hydrogen-bond donors (Lipinski definition) is 0. The summed E-state index contributed by atoms with van der Waals surface area (Å²) in [5.41, 5.74) is 0.467. The molecule has 0 aliphatic heterocycles. The summed E-state index contributed by atoms with van der Waals surface area (Å²) >= 11 is 1.46. The third-order valence-corrected chi connectivity index (χ3v) is 2.82. The van der Waals surface area contributed by atoms with Gasteiger partial charge in [0.2, 0.25) is 6.08 Å². The van der Waals surface area contributed by atoms with Crippen molar-refractivity contribution in [2.24, 2.45) is 4.99 Å². The number of carbonyl (C=O) groups excluding carboxylic acids is 2. The van der Waals surface area contributed by atoms with E-state index in [1.54, 1.807) is 5.38 Å². The summed E-state index contributed by atoms with van der Waals surface area (Å²) in [5, 5.41) is 2.54. The van der Waals surface area contributed by atoms with Crippen molar-refractivity contribution in [3.63, 3.8) is 0 Å². The van der Waals surface area contributed by atoms with Crippen LogP contribution in [0, 0.1) is 0 Å². The first-order chi connectivity index (χ1) is 6.83. The van der Waals surface area contributed by atoms with Gasteiger partial charge in [-0.2, -0.15) is 0 Å². The molecule has 0 fully saturated rings. The lowest BCUT2D eigenvalue weighted by Crippen LogP contribution is -1.91. The van der Waals surface area contributed by atoms with Gasteiger partial charge in [0.05, 0.1) is 5.56 Å². The van der Waals surface area contributed by atoms with E-state index in [9.17, 15) is 9.59 Å². The molecule has 2 aromatic rings. The van der Waals surface area contributed by atoms with E-state index in [0.717, 1.165) is 10.1 Å². The summed E-state index contributed by atoms with van der Waals surface area (Å²) in [6.07, 6.45) is 1.25. The van der Waals surface area contributed by atoms with Crippen LogP contribution < -0.4 is 0 Å². The van der Waals surface area contributed by atoms with Crippen molar-refractivity contribution in [3.05, 3.63) is 35.2 Å². The highest BCUT2D eigenvalue weighted by Gasteiger charge is 2.10. The molecule has 0 bridgehead atoms. The van der Waals surface area contributed by atoms with Gasteiger partial charge in [0, 0.05) is 15.5 Å². The Morgan fingerprint density at radius 2 is 2.14 bits per heavy atom. The molecule has 0 spiro atoms. The third kappa shape index (κ3) is 1.37. The van der Waals surface area contributed by atoms with Crippen LogP contribution in [-0.2, 0) is 4.79 Å². The average Bonchev–Trinajstić information content (AvgIpc) is 2.61. The maximum absolute atomic E-state index is 11.3. The molecule has 4 heteroatoms. The summed E-state index contributed by atoms with van der Waals surface area (Å²) in [6, 6.07) is 7.49. The van der Waals surface area contributed by atoms with Crippen molar-refractivity contribution in [1.82, 2.24) is 0 Å². The summed E-state index contributed by atoms with van der Waals surface area (Å²) in [4.78, 5) is 24.3. The summed E-state index contributed by atoms with van der Waals surface area (Å²) in [6.45, 7) is 0. The Kier molecular flexibility index (Phi) is 2.23. The van der Waals surface area contributed by atoms with Crippen LogP contribution in [0.5, 0.6) is 0 Å². The van der Waals surface area contributed by atoms with Gasteiger partial charge in [-0.05, 0) is 6.07 Å². The molecular formula is C10H5NO2S. The highest BCUT2D eigenvalue weighted by atomic mass is 32.1. The number of amides is 1. The van der Waals surface area contributed by atoms with Crippen LogP contribution in [0.4, 0.5) is 0 Å². The predicted octanol–water partition coefficient (Wildman–Crippen LogP) is 2.38. The highest BCUT2D eigenvalue weighted by Crippen LogP contribution is 2.25. The Bertz CT molecular complexity index is 538. The normalized spacial score (nSPS) is 9.71. The quantitative estimate of drug-likeness (QED) is 0.527. The van der Waals surface area contributed by atoms with Crippen molar-refractivity contribution < 1.29 is 9.59 Å². The fraction of sp³-hybridized carbons (Fsp3) is 0. The molecule has 0 unspecified atom stereocenters. The molecule has 3 nitrogen and oxygen atoms in total. The van der Waals surface area contributed by atoms with E-state index < -0.39 is 5.91 Å². The molecule has 0 N–H and O–H groups in total. The van der Waals surface area contributed by atoms with Crippen molar-refractivity contribution in [1.29, 1.82) is 0 Å². The molecule has 1 heterocycles. The van der Waals surface area contributed by atoms with Crippen molar-refractivity contribution in [3.8, 4) is 0 Å². The molecule has 14 heavy (non-hydrogen) atoms. The Morgan fingerprint density at radius 1 is 1.36 bits per heavy atom. The van der Waals surface area contributed by atoms with Crippen LogP contribution in [0.25, 0.3) is 10.1 Å². The van der Waals surface area contributed by atoms with Crippen LogP contribution >= 0.6 is 11.3 Å². The SMILES string of the molecule is O=C=NC(=O)c1csc2ccccc12. The number of thiophene rings is 1. The molecule has 2 rings (SSSR count). The third-order valence-electron chi connectivity index (χ3n) is 1.86. The monoisotopic (exact) mass is 203 g/mol. The first-order valence-corrected chi connectivity index (χ1v) is 4.79. The van der Waals surface area contributed by atoms with Gasteiger partial charge in [0.25, 0.3) is 5.91 Å². The van der Waals surface area contributed by atoms with Crippen molar-refractivity contribution in [2.45, 2.75) is 0 Å². The number of rotatable bonds is 1. The average molecular weight is 203 g/mol. The van der Waals surface area contributed by atoms with Gasteiger partial charge in [-0.1, -0.05) is 18.2 Å². The van der Waals surface area contributed by atoms with E-state index in [1.165, 1.54) is 17.4 Å². The summed E-state index contributed by atoms with van der Waals surface area (Å²) in [5.74, 6) is -0.530. The van der Waals surface area contributed by atoms with Gasteiger partial charge in [0.1, 0.15) is 0 Å². The lowest BCUT2D eigenvalue weighted by Gasteiger charge is -1.90. The topological polar surface area (TPSA) is 46.5 Å². The lowest BCUT2D eigenvalue weighted by molar-refractivity contribution is 0.100. The molecule has 1 aromatic heterocycles. The number of aliphatic imine (C=N–C) groups is 1. The fourth-order valence-corrected chi connectivity index (χ4v) is 2.18. The Balaban J connectivity index is 2.64. The van der Waals surface area contributed by atoms with Crippen LogP contribution in [0.15, 0.2) is 34.6 Å². The molecule has 68 valence electrons. The molecule has 0 aliphatic rings. The van der Waals surface area contributed by atoms with E-state index in [0.29, 0.717) is 5.56 Å². The second kappa shape index (κ2) is 3.54. The molecule has 1 aromatic carbocycles. The molecule has 0 atom stereocenters.